The maximum atomic E-state index is 12.9. The van der Waals surface area contributed by atoms with E-state index in [1.165, 1.54) is 6.42 Å². The van der Waals surface area contributed by atoms with E-state index >= 15 is 0 Å². The number of anilines is 1. The molecule has 1 aliphatic carbocycles. The minimum atomic E-state index is -0.412. The van der Waals surface area contributed by atoms with Crippen LogP contribution in [0.2, 0.25) is 0 Å². The van der Waals surface area contributed by atoms with Gasteiger partial charge in [0.2, 0.25) is 0 Å². The molecule has 2 aliphatic rings. The van der Waals surface area contributed by atoms with Gasteiger partial charge >= 0.3 is 5.97 Å². The summed E-state index contributed by atoms with van der Waals surface area (Å²) in [5.74, 6) is 1.99. The number of ether oxygens (including phenoxy) is 4. The highest BCUT2D eigenvalue weighted by molar-refractivity contribution is 5.98. The highest BCUT2D eigenvalue weighted by Gasteiger charge is 2.31. The van der Waals surface area contributed by atoms with Crippen molar-refractivity contribution >= 4 is 22.7 Å². The van der Waals surface area contributed by atoms with Crippen LogP contribution in [0.25, 0.3) is 11.0 Å². The van der Waals surface area contributed by atoms with Crippen LogP contribution in [0, 0.1) is 5.92 Å². The molecule has 0 bridgehead atoms. The summed E-state index contributed by atoms with van der Waals surface area (Å²) in [6, 6.07) is 7.70. The van der Waals surface area contributed by atoms with E-state index in [-0.39, 0.29) is 0 Å². The number of nitrogens with zero attached hydrogens (tertiary/aromatic N) is 4. The predicted octanol–water partition coefficient (Wildman–Crippen LogP) is 4.80. The molecule has 0 radical (unpaired) electrons. The standard InChI is InChI=1S/C29H38N4O5/c1-5-38-29(34)23-16-24(32-13-11-19(12-14-32)18-35-2)26-27(20-7-6-8-20)31-33(28(26)30-23)17-21-9-10-22(36-3)15-25(21)37-4/h9-10,15-16,19-20H,5-8,11-14,17-18H2,1-4H3. The molecule has 0 N–H and O–H groups in total. The molecule has 1 saturated carbocycles. The summed E-state index contributed by atoms with van der Waals surface area (Å²) in [5, 5.41) is 6.20. The Morgan fingerprint density at radius 1 is 1.05 bits per heavy atom. The van der Waals surface area contributed by atoms with Gasteiger partial charge in [0.1, 0.15) is 11.5 Å². The lowest BCUT2D eigenvalue weighted by atomic mass is 9.82. The number of carbonyl (C=O) groups excluding carboxylic acids is 1. The second-order valence-electron chi connectivity index (χ2n) is 10.2. The number of hydrogen-bond donors (Lipinski definition) is 0. The topological polar surface area (TPSA) is 87.9 Å². The minimum Gasteiger partial charge on any atom is -0.497 e. The summed E-state index contributed by atoms with van der Waals surface area (Å²) >= 11 is 0. The zero-order valence-electron chi connectivity index (χ0n) is 22.9. The minimum absolute atomic E-state index is 0.298. The van der Waals surface area contributed by atoms with Crippen LogP contribution >= 0.6 is 0 Å². The number of aromatic nitrogens is 3. The molecule has 1 aliphatic heterocycles. The molecular weight excluding hydrogens is 484 g/mol. The second kappa shape index (κ2) is 11.6. The molecule has 5 rings (SSSR count). The molecule has 0 spiro atoms. The summed E-state index contributed by atoms with van der Waals surface area (Å²) in [5.41, 5.74) is 4.10. The molecule has 2 aromatic heterocycles. The number of piperidine rings is 1. The molecule has 204 valence electrons. The van der Waals surface area contributed by atoms with Gasteiger partial charge in [0.15, 0.2) is 11.3 Å². The van der Waals surface area contributed by atoms with Gasteiger partial charge in [-0.3, -0.25) is 0 Å². The molecule has 0 atom stereocenters. The smallest absolute Gasteiger partial charge is 0.357 e. The monoisotopic (exact) mass is 522 g/mol. The largest absolute Gasteiger partial charge is 0.497 e. The fourth-order valence-electron chi connectivity index (χ4n) is 5.54. The Balaban J connectivity index is 1.62. The lowest BCUT2D eigenvalue weighted by Crippen LogP contribution is -2.35. The van der Waals surface area contributed by atoms with Crippen molar-refractivity contribution in [2.45, 2.75) is 51.5 Å². The van der Waals surface area contributed by atoms with Gasteiger partial charge in [0, 0.05) is 44.4 Å². The average Bonchev–Trinajstić information content (AvgIpc) is 3.25. The van der Waals surface area contributed by atoms with Crippen LogP contribution in [0.3, 0.4) is 0 Å². The number of pyridine rings is 1. The Morgan fingerprint density at radius 3 is 2.47 bits per heavy atom. The Bertz CT molecular complexity index is 1280. The molecule has 38 heavy (non-hydrogen) atoms. The van der Waals surface area contributed by atoms with E-state index in [4.69, 9.17) is 29.0 Å². The maximum absolute atomic E-state index is 12.9. The van der Waals surface area contributed by atoms with Crippen molar-refractivity contribution in [2.24, 2.45) is 5.92 Å². The predicted molar refractivity (Wildman–Crippen MR) is 146 cm³/mol. The summed E-state index contributed by atoms with van der Waals surface area (Å²) < 4.78 is 23.8. The zero-order chi connectivity index (χ0) is 26.6. The van der Waals surface area contributed by atoms with Crippen LogP contribution < -0.4 is 14.4 Å². The van der Waals surface area contributed by atoms with Gasteiger partial charge in [-0.2, -0.15) is 5.10 Å². The van der Waals surface area contributed by atoms with Gasteiger partial charge in [0.25, 0.3) is 0 Å². The van der Waals surface area contributed by atoms with E-state index < -0.39 is 5.97 Å². The Kier molecular flexibility index (Phi) is 8.02. The molecule has 3 aromatic rings. The average molecular weight is 523 g/mol. The van der Waals surface area contributed by atoms with E-state index in [1.807, 2.05) is 35.9 Å². The number of esters is 1. The van der Waals surface area contributed by atoms with Crippen LogP contribution in [-0.2, 0) is 16.0 Å². The second-order valence-corrected chi connectivity index (χ2v) is 10.2. The first-order valence-electron chi connectivity index (χ1n) is 13.6. The van der Waals surface area contributed by atoms with E-state index in [1.54, 1.807) is 21.3 Å². The van der Waals surface area contributed by atoms with Gasteiger partial charge in [-0.05, 0) is 56.7 Å². The first kappa shape index (κ1) is 26.3. The van der Waals surface area contributed by atoms with E-state index in [0.29, 0.717) is 36.3 Å². The van der Waals surface area contributed by atoms with Crippen molar-refractivity contribution in [2.75, 3.05) is 52.5 Å². The number of benzene rings is 1. The van der Waals surface area contributed by atoms with Crippen LogP contribution in [0.5, 0.6) is 11.5 Å². The third-order valence-corrected chi connectivity index (χ3v) is 7.86. The SMILES string of the molecule is CCOC(=O)c1cc(N2CCC(COC)CC2)c2c(C3CCC3)nn(Cc3ccc(OC)cc3OC)c2n1. The summed E-state index contributed by atoms with van der Waals surface area (Å²) in [4.78, 5) is 20.2. The van der Waals surface area contributed by atoms with Gasteiger partial charge in [-0.1, -0.05) is 6.42 Å². The lowest BCUT2D eigenvalue weighted by molar-refractivity contribution is 0.0520. The van der Waals surface area contributed by atoms with Gasteiger partial charge in [-0.25, -0.2) is 14.5 Å². The van der Waals surface area contributed by atoms with Gasteiger partial charge in [0.05, 0.1) is 44.1 Å². The summed E-state index contributed by atoms with van der Waals surface area (Å²) in [7, 11) is 5.06. The van der Waals surface area contributed by atoms with Crippen LogP contribution in [-0.4, -0.2) is 68.4 Å². The van der Waals surface area contributed by atoms with Crippen molar-refractivity contribution in [3.05, 3.63) is 41.2 Å². The zero-order valence-corrected chi connectivity index (χ0v) is 22.9. The van der Waals surface area contributed by atoms with Crippen molar-refractivity contribution in [1.29, 1.82) is 0 Å². The molecule has 9 nitrogen and oxygen atoms in total. The number of carbonyl (C=O) groups is 1. The normalized spacial score (nSPS) is 16.5. The number of hydrogen-bond acceptors (Lipinski definition) is 8. The molecule has 9 heteroatoms. The maximum Gasteiger partial charge on any atom is 0.357 e. The number of methoxy groups -OCH3 is 3. The molecule has 0 amide bonds. The van der Waals surface area contributed by atoms with Crippen LogP contribution in [0.15, 0.2) is 24.3 Å². The Labute approximate surface area is 224 Å². The Hall–Kier alpha value is -3.33. The highest BCUT2D eigenvalue weighted by Crippen LogP contribution is 2.43. The fourth-order valence-corrected chi connectivity index (χ4v) is 5.54. The van der Waals surface area contributed by atoms with E-state index in [9.17, 15) is 4.79 Å². The van der Waals surface area contributed by atoms with Crippen molar-refractivity contribution in [3.8, 4) is 11.5 Å². The van der Waals surface area contributed by atoms with Crippen molar-refractivity contribution in [1.82, 2.24) is 14.8 Å². The molecule has 0 unspecified atom stereocenters. The molecule has 3 heterocycles. The number of rotatable bonds is 10. The van der Waals surface area contributed by atoms with Crippen LogP contribution in [0.4, 0.5) is 5.69 Å². The van der Waals surface area contributed by atoms with E-state index in [2.05, 4.69) is 4.90 Å². The number of fused-ring (bicyclic) bond motifs is 1. The summed E-state index contributed by atoms with van der Waals surface area (Å²) in [6.45, 7) is 5.15. The fraction of sp³-hybridized carbons (Fsp3) is 0.552. The lowest BCUT2D eigenvalue weighted by Gasteiger charge is -2.34. The molecular formula is C29H38N4O5. The third-order valence-electron chi connectivity index (χ3n) is 7.86. The first-order valence-corrected chi connectivity index (χ1v) is 13.6. The quantitative estimate of drug-likeness (QED) is 0.351. The molecule has 1 aromatic carbocycles. The van der Waals surface area contributed by atoms with Gasteiger partial charge in [-0.15, -0.1) is 0 Å². The first-order chi connectivity index (χ1) is 18.6. The molecule has 2 fully saturated rings. The molecule has 1 saturated heterocycles. The van der Waals surface area contributed by atoms with Crippen LogP contribution in [0.1, 0.15) is 66.7 Å². The van der Waals surface area contributed by atoms with Gasteiger partial charge < -0.3 is 23.8 Å². The summed E-state index contributed by atoms with van der Waals surface area (Å²) in [6.07, 6.45) is 5.53. The Morgan fingerprint density at radius 2 is 1.84 bits per heavy atom. The van der Waals surface area contributed by atoms with Crippen molar-refractivity contribution in [3.63, 3.8) is 0 Å². The van der Waals surface area contributed by atoms with E-state index in [0.717, 1.165) is 79.2 Å². The highest BCUT2D eigenvalue weighted by atomic mass is 16.5. The third kappa shape index (κ3) is 5.16. The van der Waals surface area contributed by atoms with Crippen molar-refractivity contribution < 1.29 is 23.7 Å².